The Labute approximate surface area is 145 Å². The molecule has 0 unspecified atom stereocenters. The van der Waals surface area contributed by atoms with Crippen LogP contribution in [0.3, 0.4) is 0 Å². The van der Waals surface area contributed by atoms with Crippen LogP contribution in [0.4, 0.5) is 0 Å². The van der Waals surface area contributed by atoms with Crippen LogP contribution in [-0.2, 0) is 9.53 Å². The lowest BCUT2D eigenvalue weighted by Gasteiger charge is -2.11. The summed E-state index contributed by atoms with van der Waals surface area (Å²) in [6.07, 6.45) is 2.95. The van der Waals surface area contributed by atoms with Crippen LogP contribution >= 0.6 is 0 Å². The Kier molecular flexibility index (Phi) is 6.79. The normalized spacial score (nSPS) is 11.0. The monoisotopic (exact) mass is 344 g/mol. The number of amides is 2. The minimum Gasteiger partial charge on any atom is -0.497 e. The quantitative estimate of drug-likeness (QED) is 0.563. The predicted octanol–water partition coefficient (Wildman–Crippen LogP) is 1.82. The topological polar surface area (TPSA) is 89.8 Å². The Morgan fingerprint density at radius 2 is 1.92 bits per heavy atom. The first kappa shape index (κ1) is 18.3. The number of rotatable bonds is 8. The third kappa shape index (κ3) is 5.50. The fourth-order valence-electron chi connectivity index (χ4n) is 1.97. The largest absolute Gasteiger partial charge is 0.497 e. The number of hydrogen-bond acceptors (Lipinski definition) is 5. The van der Waals surface area contributed by atoms with Crippen LogP contribution in [-0.4, -0.2) is 39.2 Å². The molecule has 0 bridgehead atoms. The van der Waals surface area contributed by atoms with Crippen LogP contribution in [0.1, 0.15) is 16.1 Å². The molecule has 0 aliphatic carbocycles. The number of ether oxygens (including phenoxy) is 2. The second-order valence-electron chi connectivity index (χ2n) is 5.00. The molecule has 0 radical (unpaired) electrons. The zero-order valence-electron chi connectivity index (χ0n) is 14.1. The van der Waals surface area contributed by atoms with Crippen molar-refractivity contribution in [2.24, 2.45) is 0 Å². The number of carbonyl (C=O) groups excluding carboxylic acids is 2. The van der Waals surface area contributed by atoms with Gasteiger partial charge in [-0.15, -0.1) is 0 Å². The average Bonchev–Trinajstić information content (AvgIpc) is 3.14. The Morgan fingerprint density at radius 3 is 2.52 bits per heavy atom. The van der Waals surface area contributed by atoms with Crippen LogP contribution in [0.25, 0.3) is 6.08 Å². The first-order chi connectivity index (χ1) is 12.1. The number of benzene rings is 1. The molecule has 7 nitrogen and oxygen atoms in total. The van der Waals surface area contributed by atoms with Crippen molar-refractivity contribution in [3.8, 4) is 5.75 Å². The molecule has 1 heterocycles. The van der Waals surface area contributed by atoms with E-state index in [1.54, 1.807) is 43.5 Å². The van der Waals surface area contributed by atoms with Gasteiger partial charge in [0.1, 0.15) is 17.2 Å². The van der Waals surface area contributed by atoms with E-state index < -0.39 is 11.8 Å². The molecular formula is C18H20N2O5. The number of nitrogens with one attached hydrogen (secondary N) is 2. The maximum Gasteiger partial charge on any atom is 0.268 e. The van der Waals surface area contributed by atoms with Crippen molar-refractivity contribution in [1.82, 2.24) is 10.6 Å². The van der Waals surface area contributed by atoms with Gasteiger partial charge >= 0.3 is 0 Å². The summed E-state index contributed by atoms with van der Waals surface area (Å²) >= 11 is 0. The lowest BCUT2D eigenvalue weighted by molar-refractivity contribution is -0.117. The van der Waals surface area contributed by atoms with Gasteiger partial charge in [-0.05, 0) is 36.4 Å². The van der Waals surface area contributed by atoms with Crippen molar-refractivity contribution in [3.63, 3.8) is 0 Å². The molecule has 0 saturated heterocycles. The highest BCUT2D eigenvalue weighted by atomic mass is 16.5. The summed E-state index contributed by atoms with van der Waals surface area (Å²) in [6.45, 7) is 0.690. The zero-order valence-corrected chi connectivity index (χ0v) is 14.1. The van der Waals surface area contributed by atoms with Crippen LogP contribution in [0, 0.1) is 0 Å². The van der Waals surface area contributed by atoms with Crippen LogP contribution in [0.2, 0.25) is 0 Å². The van der Waals surface area contributed by atoms with E-state index in [1.165, 1.54) is 19.4 Å². The van der Waals surface area contributed by atoms with E-state index in [9.17, 15) is 9.59 Å². The molecule has 0 aliphatic rings. The van der Waals surface area contributed by atoms with Gasteiger partial charge in [0.05, 0.1) is 20.0 Å². The van der Waals surface area contributed by atoms with Gasteiger partial charge in [0.15, 0.2) is 0 Å². The minimum absolute atomic E-state index is 0.0758. The lowest BCUT2D eigenvalue weighted by Crippen LogP contribution is -2.36. The van der Waals surface area contributed by atoms with Gasteiger partial charge < -0.3 is 24.5 Å². The summed E-state index contributed by atoms with van der Waals surface area (Å²) in [5, 5.41) is 5.27. The minimum atomic E-state index is -0.435. The maximum atomic E-state index is 12.4. The summed E-state index contributed by atoms with van der Waals surface area (Å²) in [5.74, 6) is 0.241. The molecular weight excluding hydrogens is 324 g/mol. The van der Waals surface area contributed by atoms with E-state index in [0.717, 1.165) is 0 Å². The molecule has 132 valence electrons. The standard InChI is InChI=1S/C18H20N2O5/c1-23-11-9-19-18(22)16(12-15-4-3-10-25-15)20-17(21)13-5-7-14(24-2)8-6-13/h3-8,10,12H,9,11H2,1-2H3,(H,19,22)(H,20,21)/b16-12-. The van der Waals surface area contributed by atoms with Crippen molar-refractivity contribution < 1.29 is 23.5 Å². The van der Waals surface area contributed by atoms with E-state index in [2.05, 4.69) is 10.6 Å². The molecule has 0 aliphatic heterocycles. The summed E-state index contributed by atoms with van der Waals surface area (Å²) in [7, 11) is 3.08. The first-order valence-corrected chi connectivity index (χ1v) is 7.61. The first-order valence-electron chi connectivity index (χ1n) is 7.61. The highest BCUT2D eigenvalue weighted by Crippen LogP contribution is 2.12. The second kappa shape index (κ2) is 9.29. The van der Waals surface area contributed by atoms with E-state index in [0.29, 0.717) is 30.2 Å². The van der Waals surface area contributed by atoms with Crippen molar-refractivity contribution in [1.29, 1.82) is 0 Å². The van der Waals surface area contributed by atoms with Gasteiger partial charge in [-0.2, -0.15) is 0 Å². The number of carbonyl (C=O) groups is 2. The highest BCUT2D eigenvalue weighted by molar-refractivity contribution is 6.05. The average molecular weight is 344 g/mol. The molecule has 0 spiro atoms. The predicted molar refractivity (Wildman–Crippen MR) is 92.0 cm³/mol. The fourth-order valence-corrected chi connectivity index (χ4v) is 1.97. The summed E-state index contributed by atoms with van der Waals surface area (Å²) in [4.78, 5) is 24.7. The smallest absolute Gasteiger partial charge is 0.268 e. The second-order valence-corrected chi connectivity index (χ2v) is 5.00. The molecule has 0 saturated carbocycles. The number of furan rings is 1. The highest BCUT2D eigenvalue weighted by Gasteiger charge is 2.15. The molecule has 2 N–H and O–H groups in total. The van der Waals surface area contributed by atoms with E-state index in [1.807, 2.05) is 0 Å². The molecule has 2 amide bonds. The van der Waals surface area contributed by atoms with E-state index in [-0.39, 0.29) is 5.70 Å². The van der Waals surface area contributed by atoms with Gasteiger partial charge in [-0.25, -0.2) is 0 Å². The Morgan fingerprint density at radius 1 is 1.16 bits per heavy atom. The molecule has 2 rings (SSSR count). The van der Waals surface area contributed by atoms with E-state index >= 15 is 0 Å². The molecule has 7 heteroatoms. The number of hydrogen-bond donors (Lipinski definition) is 2. The Hall–Kier alpha value is -3.06. The third-order valence-corrected chi connectivity index (χ3v) is 3.27. The van der Waals surface area contributed by atoms with Crippen molar-refractivity contribution in [3.05, 3.63) is 59.7 Å². The fraction of sp³-hybridized carbons (Fsp3) is 0.222. The molecule has 1 aromatic carbocycles. The molecule has 1 aromatic heterocycles. The summed E-state index contributed by atoms with van der Waals surface area (Å²) in [6, 6.07) is 9.94. The maximum absolute atomic E-state index is 12.4. The van der Waals surface area contributed by atoms with Gasteiger partial charge in [0.25, 0.3) is 11.8 Å². The van der Waals surface area contributed by atoms with Gasteiger partial charge in [0, 0.05) is 25.3 Å². The Balaban J connectivity index is 2.14. The molecule has 0 atom stereocenters. The van der Waals surface area contributed by atoms with Gasteiger partial charge in [-0.1, -0.05) is 0 Å². The van der Waals surface area contributed by atoms with Crippen LogP contribution in [0.5, 0.6) is 5.75 Å². The molecule has 2 aromatic rings. The van der Waals surface area contributed by atoms with Gasteiger partial charge in [-0.3, -0.25) is 9.59 Å². The van der Waals surface area contributed by atoms with Crippen LogP contribution in [0.15, 0.2) is 52.8 Å². The SMILES string of the molecule is COCCNC(=O)/C(=C/c1ccco1)NC(=O)c1ccc(OC)cc1. The van der Waals surface area contributed by atoms with Crippen LogP contribution < -0.4 is 15.4 Å². The lowest BCUT2D eigenvalue weighted by atomic mass is 10.2. The number of methoxy groups -OCH3 is 2. The Bertz CT molecular complexity index is 720. The van der Waals surface area contributed by atoms with Crippen molar-refractivity contribution >= 4 is 17.9 Å². The summed E-state index contributed by atoms with van der Waals surface area (Å²) in [5.41, 5.74) is 0.475. The molecule has 0 fully saturated rings. The third-order valence-electron chi connectivity index (χ3n) is 3.27. The zero-order chi connectivity index (χ0) is 18.1. The van der Waals surface area contributed by atoms with Gasteiger partial charge in [0.2, 0.25) is 0 Å². The van der Waals surface area contributed by atoms with Crippen molar-refractivity contribution in [2.45, 2.75) is 0 Å². The van der Waals surface area contributed by atoms with Crippen molar-refractivity contribution in [2.75, 3.05) is 27.4 Å². The summed E-state index contributed by atoms with van der Waals surface area (Å²) < 4.78 is 15.2. The van der Waals surface area contributed by atoms with E-state index in [4.69, 9.17) is 13.9 Å². The molecule has 25 heavy (non-hydrogen) atoms.